The van der Waals surface area contributed by atoms with Gasteiger partial charge in [-0.1, -0.05) is 12.6 Å². The van der Waals surface area contributed by atoms with Crippen molar-refractivity contribution < 1.29 is 4.79 Å². The molecule has 0 unspecified atom stereocenters. The van der Waals surface area contributed by atoms with Crippen LogP contribution in [0.4, 0.5) is 5.82 Å². The minimum absolute atomic E-state index is 0.0185. The van der Waals surface area contributed by atoms with Crippen LogP contribution in [0.5, 0.6) is 0 Å². The number of carbonyl (C=O) groups is 1. The number of amides is 1. The molecule has 11 heteroatoms. The average molecular weight is 561 g/mol. The van der Waals surface area contributed by atoms with Crippen molar-refractivity contribution in [2.75, 3.05) is 18.8 Å². The van der Waals surface area contributed by atoms with E-state index in [9.17, 15) is 4.79 Å². The fourth-order valence-electron chi connectivity index (χ4n) is 6.19. The second-order valence-electron chi connectivity index (χ2n) is 10.9. The lowest BCUT2D eigenvalue weighted by Crippen LogP contribution is -2.45. The van der Waals surface area contributed by atoms with E-state index in [-0.39, 0.29) is 11.9 Å². The summed E-state index contributed by atoms with van der Waals surface area (Å²) in [6, 6.07) is 15.0. The van der Waals surface area contributed by atoms with Crippen molar-refractivity contribution >= 4 is 22.9 Å². The van der Waals surface area contributed by atoms with E-state index < -0.39 is 0 Å². The van der Waals surface area contributed by atoms with Crippen LogP contribution in [-0.2, 0) is 18.3 Å². The molecule has 0 radical (unpaired) electrons. The quantitative estimate of drug-likeness (QED) is 0.301. The fourth-order valence-corrected chi connectivity index (χ4v) is 6.19. The normalized spacial score (nSPS) is 17.1. The van der Waals surface area contributed by atoms with Gasteiger partial charge < -0.3 is 16.0 Å². The third-order valence-corrected chi connectivity index (χ3v) is 8.33. The molecular weight excluding hydrogens is 528 g/mol. The van der Waals surface area contributed by atoms with Crippen LogP contribution in [-0.4, -0.2) is 64.5 Å². The molecule has 1 aliphatic heterocycles. The number of fused-ring (bicyclic) bond motifs is 2. The van der Waals surface area contributed by atoms with E-state index in [0.29, 0.717) is 34.7 Å². The van der Waals surface area contributed by atoms with Crippen LogP contribution in [0.3, 0.4) is 0 Å². The second kappa shape index (κ2) is 10.5. The van der Waals surface area contributed by atoms with Crippen molar-refractivity contribution in [1.29, 1.82) is 0 Å². The number of nitrogens with one attached hydrogen (secondary N) is 1. The molecule has 0 saturated carbocycles. The van der Waals surface area contributed by atoms with E-state index in [4.69, 9.17) is 15.7 Å². The molecule has 1 atom stereocenters. The lowest BCUT2D eigenvalue weighted by Gasteiger charge is -2.33. The number of nitrogens with two attached hydrogens (primary N) is 1. The number of nitrogens with zero attached hydrogens (tertiary/aromatic N) is 8. The van der Waals surface area contributed by atoms with Gasteiger partial charge in [0.05, 0.1) is 17.5 Å². The van der Waals surface area contributed by atoms with E-state index >= 15 is 0 Å². The number of hydrogen-bond acceptors (Lipinski definition) is 8. The summed E-state index contributed by atoms with van der Waals surface area (Å²) in [5.41, 5.74) is 13.6. The molecular formula is C31H32N10O. The number of likely N-dealkylation sites (tertiary alicyclic amines) is 1. The molecule has 0 spiro atoms. The van der Waals surface area contributed by atoms with E-state index in [1.807, 2.05) is 29.2 Å². The number of pyridine rings is 2. The first kappa shape index (κ1) is 26.0. The van der Waals surface area contributed by atoms with Crippen molar-refractivity contribution in [1.82, 2.24) is 44.7 Å². The van der Waals surface area contributed by atoms with Crippen LogP contribution in [0.1, 0.15) is 36.4 Å². The molecule has 1 fully saturated rings. The lowest BCUT2D eigenvalue weighted by molar-refractivity contribution is -0.127. The summed E-state index contributed by atoms with van der Waals surface area (Å²) in [6.45, 7) is 5.14. The molecule has 212 valence electrons. The first-order chi connectivity index (χ1) is 20.5. The summed E-state index contributed by atoms with van der Waals surface area (Å²) >= 11 is 0. The summed E-state index contributed by atoms with van der Waals surface area (Å²) in [5, 5.41) is 12.5. The van der Waals surface area contributed by atoms with Gasteiger partial charge in [0.15, 0.2) is 11.5 Å². The molecule has 3 N–H and O–H groups in total. The Labute approximate surface area is 243 Å². The van der Waals surface area contributed by atoms with E-state index in [0.717, 1.165) is 55.5 Å². The maximum atomic E-state index is 12.0. The fraction of sp³-hybridized carbons (Fsp3) is 0.290. The van der Waals surface area contributed by atoms with Crippen LogP contribution >= 0.6 is 0 Å². The van der Waals surface area contributed by atoms with Gasteiger partial charge in [-0.2, -0.15) is 15.0 Å². The molecule has 1 aliphatic carbocycles. The average Bonchev–Trinajstić information content (AvgIpc) is 3.73. The van der Waals surface area contributed by atoms with Crippen molar-refractivity contribution in [3.63, 3.8) is 0 Å². The number of rotatable bonds is 6. The molecule has 4 aromatic heterocycles. The number of anilines is 1. The van der Waals surface area contributed by atoms with Gasteiger partial charge in [0.1, 0.15) is 17.0 Å². The first-order valence-corrected chi connectivity index (χ1v) is 14.3. The van der Waals surface area contributed by atoms with Gasteiger partial charge in [-0.05, 0) is 79.3 Å². The molecule has 1 saturated heterocycles. The van der Waals surface area contributed by atoms with Gasteiger partial charge in [0, 0.05) is 44.1 Å². The highest BCUT2D eigenvalue weighted by atomic mass is 16.2. The van der Waals surface area contributed by atoms with Gasteiger partial charge in [0.2, 0.25) is 5.91 Å². The first-order valence-electron chi connectivity index (χ1n) is 14.3. The van der Waals surface area contributed by atoms with Gasteiger partial charge in [-0.3, -0.25) is 9.36 Å². The molecule has 5 aromatic rings. The Morgan fingerprint density at radius 1 is 1.10 bits per heavy atom. The van der Waals surface area contributed by atoms with Gasteiger partial charge in [-0.25, -0.2) is 15.0 Å². The Balaban J connectivity index is 1.24. The van der Waals surface area contributed by atoms with Gasteiger partial charge in [-0.15, -0.1) is 0 Å². The zero-order valence-corrected chi connectivity index (χ0v) is 23.4. The van der Waals surface area contributed by atoms with Crippen LogP contribution in [0.15, 0.2) is 67.5 Å². The highest BCUT2D eigenvalue weighted by Crippen LogP contribution is 2.36. The van der Waals surface area contributed by atoms with Crippen molar-refractivity contribution in [3.8, 4) is 28.5 Å². The topological polar surface area (TPSA) is 133 Å². The number of imidazole rings is 1. The lowest BCUT2D eigenvalue weighted by atomic mass is 10.0. The number of benzene rings is 1. The summed E-state index contributed by atoms with van der Waals surface area (Å²) in [6.07, 6.45) is 8.69. The van der Waals surface area contributed by atoms with Gasteiger partial charge in [0.25, 0.3) is 0 Å². The Morgan fingerprint density at radius 2 is 1.95 bits per heavy atom. The monoisotopic (exact) mass is 560 g/mol. The SMILES string of the molecule is C=CC(=O)N1CCC(N[C@H]2CCc3cc(-n4c(-c5cccnc5N)nc5ccc(-c6cnn(C)n6)nc54)ccc32)CC1. The maximum Gasteiger partial charge on any atom is 0.245 e. The standard InChI is InChI=1S/C31H32N10O/c1-3-28(42)40-15-12-20(13-16-40)35-24-9-6-19-17-21(7-8-22(19)24)41-30(23-5-4-14-33-29(23)32)37-26-11-10-25(36-31(26)41)27-18-34-39(2)38-27/h3-5,7-8,10-11,14,17-18,20,24,35H,1,6,9,12-13,15-16H2,2H3,(H2,32,33)/t24-/m0/s1. The summed E-state index contributed by atoms with van der Waals surface area (Å²) in [5.74, 6) is 1.12. The smallest absolute Gasteiger partial charge is 0.245 e. The number of hydrogen-bond donors (Lipinski definition) is 2. The van der Waals surface area contributed by atoms with Crippen LogP contribution in [0.25, 0.3) is 39.6 Å². The Bertz CT molecular complexity index is 1810. The van der Waals surface area contributed by atoms with Crippen molar-refractivity contribution in [3.05, 3.63) is 78.6 Å². The second-order valence-corrected chi connectivity index (χ2v) is 10.9. The van der Waals surface area contributed by atoms with E-state index in [2.05, 4.69) is 49.8 Å². The third-order valence-electron chi connectivity index (χ3n) is 8.33. The predicted octanol–water partition coefficient (Wildman–Crippen LogP) is 3.61. The zero-order chi connectivity index (χ0) is 28.8. The van der Waals surface area contributed by atoms with Crippen molar-refractivity contribution in [2.45, 2.75) is 37.8 Å². The minimum Gasteiger partial charge on any atom is -0.383 e. The predicted molar refractivity (Wildman–Crippen MR) is 161 cm³/mol. The summed E-state index contributed by atoms with van der Waals surface area (Å²) < 4.78 is 2.07. The Kier molecular flexibility index (Phi) is 6.50. The summed E-state index contributed by atoms with van der Waals surface area (Å²) in [7, 11) is 1.79. The molecule has 7 rings (SSSR count). The number of piperidine rings is 1. The number of nitrogen functional groups attached to an aromatic ring is 1. The molecule has 2 aliphatic rings. The highest BCUT2D eigenvalue weighted by molar-refractivity contribution is 5.87. The maximum absolute atomic E-state index is 12.0. The molecule has 1 amide bonds. The van der Waals surface area contributed by atoms with Crippen molar-refractivity contribution in [2.24, 2.45) is 7.05 Å². The minimum atomic E-state index is 0.0185. The Morgan fingerprint density at radius 3 is 2.71 bits per heavy atom. The molecule has 11 nitrogen and oxygen atoms in total. The number of carbonyl (C=O) groups excluding carboxylic acids is 1. The van der Waals surface area contributed by atoms with Crippen LogP contribution in [0, 0.1) is 0 Å². The molecule has 0 bridgehead atoms. The van der Waals surface area contributed by atoms with Crippen LogP contribution < -0.4 is 11.1 Å². The number of aromatic nitrogens is 7. The zero-order valence-electron chi connectivity index (χ0n) is 23.4. The number of aryl methyl sites for hydroxylation is 2. The molecule has 42 heavy (non-hydrogen) atoms. The largest absolute Gasteiger partial charge is 0.383 e. The molecule has 5 heterocycles. The molecule has 1 aromatic carbocycles. The van der Waals surface area contributed by atoms with Gasteiger partial charge >= 0.3 is 0 Å². The third kappa shape index (κ3) is 4.61. The summed E-state index contributed by atoms with van der Waals surface area (Å²) in [4.78, 5) is 29.7. The van der Waals surface area contributed by atoms with E-state index in [1.165, 1.54) is 22.0 Å². The van der Waals surface area contributed by atoms with Crippen LogP contribution in [0.2, 0.25) is 0 Å². The Hall–Kier alpha value is -4.90. The van der Waals surface area contributed by atoms with E-state index in [1.54, 1.807) is 19.4 Å². The highest BCUT2D eigenvalue weighted by Gasteiger charge is 2.29.